The monoisotopic (exact) mass is 594 g/mol. The lowest BCUT2D eigenvalue weighted by Crippen LogP contribution is -2.52. The van der Waals surface area contributed by atoms with E-state index in [9.17, 15) is 27.9 Å². The zero-order valence-corrected chi connectivity index (χ0v) is 23.5. The van der Waals surface area contributed by atoms with Gasteiger partial charge in [-0.2, -0.15) is 4.72 Å². The van der Waals surface area contributed by atoms with E-state index in [4.69, 9.17) is 11.1 Å². The number of piperidine rings is 1. The van der Waals surface area contributed by atoms with Gasteiger partial charge in [-0.1, -0.05) is 30.3 Å². The molecule has 40 heavy (non-hydrogen) atoms. The zero-order valence-electron chi connectivity index (χ0n) is 21.9. The number of carboxylic acid groups (broad SMARTS) is 1. The van der Waals surface area contributed by atoms with Crippen LogP contribution < -0.4 is 15.8 Å². The van der Waals surface area contributed by atoms with Gasteiger partial charge in [-0.25, -0.2) is 8.42 Å². The zero-order chi connectivity index (χ0) is 28.2. The van der Waals surface area contributed by atoms with Gasteiger partial charge in [-0.05, 0) is 54.5 Å². The van der Waals surface area contributed by atoms with Crippen molar-refractivity contribution in [2.45, 2.75) is 49.1 Å². The van der Waals surface area contributed by atoms with Crippen molar-refractivity contribution >= 4 is 56.9 Å². The molecule has 12 nitrogen and oxygen atoms in total. The molecule has 2 aromatic carbocycles. The molecule has 2 atom stereocenters. The second-order valence-corrected chi connectivity index (χ2v) is 11.8. The summed E-state index contributed by atoms with van der Waals surface area (Å²) in [5.74, 6) is -2.49. The number of aliphatic carboxylic acids is 1. The SMILES string of the molecule is Cl.N=C(N)N1CCC[C@H](CNC(=O)C[C@@H](NS(=O)(=O)c2ccc3ccccc3c2)C(=O)N(CC(=O)O)C2CC2)C1. The smallest absolute Gasteiger partial charge is 0.323 e. The van der Waals surface area contributed by atoms with Crippen LogP contribution in [0.5, 0.6) is 0 Å². The third-order valence-corrected chi connectivity index (χ3v) is 8.51. The van der Waals surface area contributed by atoms with Crippen LogP contribution in [0.2, 0.25) is 0 Å². The highest BCUT2D eigenvalue weighted by atomic mass is 35.5. The van der Waals surface area contributed by atoms with Crippen LogP contribution in [0, 0.1) is 11.3 Å². The molecule has 4 rings (SSSR count). The van der Waals surface area contributed by atoms with Crippen LogP contribution in [0.25, 0.3) is 10.8 Å². The van der Waals surface area contributed by atoms with E-state index in [-0.39, 0.29) is 41.8 Å². The third kappa shape index (κ3) is 8.05. The van der Waals surface area contributed by atoms with Gasteiger partial charge in [0.25, 0.3) is 0 Å². The number of carboxylic acids is 1. The maximum absolute atomic E-state index is 13.5. The predicted octanol–water partition coefficient (Wildman–Crippen LogP) is 1.10. The number of nitrogens with one attached hydrogen (secondary N) is 3. The Morgan fingerprint density at radius 2 is 1.82 bits per heavy atom. The average Bonchev–Trinajstić information content (AvgIpc) is 3.75. The number of amides is 2. The molecule has 14 heteroatoms. The molecular weight excluding hydrogens is 560 g/mol. The highest BCUT2D eigenvalue weighted by Crippen LogP contribution is 2.28. The first kappa shape index (κ1) is 31.1. The second kappa shape index (κ2) is 13.3. The number of fused-ring (bicyclic) bond motifs is 1. The fourth-order valence-corrected chi connectivity index (χ4v) is 6.08. The summed E-state index contributed by atoms with van der Waals surface area (Å²) < 4.78 is 29.1. The molecule has 2 aromatic rings. The minimum absolute atomic E-state index is 0. The summed E-state index contributed by atoms with van der Waals surface area (Å²) >= 11 is 0. The molecule has 1 heterocycles. The number of hydrogen-bond acceptors (Lipinski definition) is 6. The van der Waals surface area contributed by atoms with Gasteiger partial charge in [0.2, 0.25) is 21.8 Å². The number of guanidine groups is 1. The number of carbonyl (C=O) groups is 3. The largest absolute Gasteiger partial charge is 0.480 e. The predicted molar refractivity (Wildman–Crippen MR) is 152 cm³/mol. The van der Waals surface area contributed by atoms with Gasteiger partial charge in [0.05, 0.1) is 11.3 Å². The Morgan fingerprint density at radius 1 is 1.12 bits per heavy atom. The number of rotatable bonds is 11. The molecule has 2 fully saturated rings. The molecule has 0 spiro atoms. The summed E-state index contributed by atoms with van der Waals surface area (Å²) in [5.41, 5.74) is 5.59. The van der Waals surface area contributed by atoms with E-state index in [1.807, 2.05) is 12.1 Å². The molecule has 0 bridgehead atoms. The van der Waals surface area contributed by atoms with Crippen LogP contribution in [-0.2, 0) is 24.4 Å². The fourth-order valence-electron chi connectivity index (χ4n) is 4.85. The van der Waals surface area contributed by atoms with Crippen LogP contribution in [0.15, 0.2) is 47.4 Å². The maximum atomic E-state index is 13.5. The summed E-state index contributed by atoms with van der Waals surface area (Å²) in [7, 11) is -4.23. The Balaban J connectivity index is 0.00000441. The molecule has 0 aromatic heterocycles. The number of nitrogens with two attached hydrogens (primary N) is 1. The number of nitrogens with zero attached hydrogens (tertiary/aromatic N) is 2. The van der Waals surface area contributed by atoms with E-state index in [1.165, 1.54) is 12.1 Å². The Hall–Kier alpha value is -3.42. The van der Waals surface area contributed by atoms with E-state index >= 15 is 0 Å². The number of hydrogen-bond donors (Lipinski definition) is 5. The molecule has 1 aliphatic heterocycles. The van der Waals surface area contributed by atoms with Crippen molar-refractivity contribution < 1.29 is 27.9 Å². The Labute approximate surface area is 239 Å². The van der Waals surface area contributed by atoms with E-state index in [0.29, 0.717) is 31.3 Å². The van der Waals surface area contributed by atoms with Crippen molar-refractivity contribution in [1.82, 2.24) is 19.8 Å². The van der Waals surface area contributed by atoms with Crippen molar-refractivity contribution in [1.29, 1.82) is 5.41 Å². The lowest BCUT2D eigenvalue weighted by Gasteiger charge is -2.33. The van der Waals surface area contributed by atoms with Crippen molar-refractivity contribution in [3.05, 3.63) is 42.5 Å². The fraction of sp³-hybridized carbons (Fsp3) is 0.462. The van der Waals surface area contributed by atoms with Crippen LogP contribution in [0.1, 0.15) is 32.1 Å². The summed E-state index contributed by atoms with van der Waals surface area (Å²) in [6, 6.07) is 10.0. The van der Waals surface area contributed by atoms with Crippen molar-refractivity contribution in [3.63, 3.8) is 0 Å². The Morgan fingerprint density at radius 3 is 2.48 bits per heavy atom. The normalized spacial score (nSPS) is 17.9. The number of likely N-dealkylation sites (tertiary alicyclic amines) is 1. The molecular formula is C26H35ClN6O6S. The average molecular weight is 595 g/mol. The lowest BCUT2D eigenvalue weighted by atomic mass is 9.98. The number of carbonyl (C=O) groups excluding carboxylic acids is 2. The van der Waals surface area contributed by atoms with Crippen LogP contribution in [0.4, 0.5) is 0 Å². The van der Waals surface area contributed by atoms with Crippen LogP contribution in [-0.4, -0.2) is 85.3 Å². The van der Waals surface area contributed by atoms with E-state index < -0.39 is 46.8 Å². The summed E-state index contributed by atoms with van der Waals surface area (Å²) in [6.45, 7) is 0.888. The van der Waals surface area contributed by atoms with Gasteiger partial charge < -0.3 is 26.0 Å². The van der Waals surface area contributed by atoms with E-state index in [0.717, 1.165) is 23.1 Å². The summed E-state index contributed by atoms with van der Waals surface area (Å²) in [5, 5.41) is 21.3. The van der Waals surface area contributed by atoms with Crippen LogP contribution in [0.3, 0.4) is 0 Å². The van der Waals surface area contributed by atoms with Gasteiger partial charge in [-0.3, -0.25) is 19.8 Å². The Kier molecular flexibility index (Phi) is 10.3. The van der Waals surface area contributed by atoms with Crippen molar-refractivity contribution in [2.75, 3.05) is 26.2 Å². The minimum Gasteiger partial charge on any atom is -0.480 e. The molecule has 1 aliphatic carbocycles. The topological polar surface area (TPSA) is 186 Å². The van der Waals surface area contributed by atoms with Gasteiger partial charge in [0, 0.05) is 25.7 Å². The highest BCUT2D eigenvalue weighted by molar-refractivity contribution is 7.89. The standard InChI is InChI=1S/C26H34N6O6S.ClH/c27-26(28)31-11-3-4-17(15-31)14-29-23(33)13-22(25(36)32(16-24(34)35)20-8-9-20)30-39(37,38)21-10-7-18-5-1-2-6-19(18)12-21;/h1-2,5-7,10,12,17,20,22,30H,3-4,8-9,11,13-16H2,(H3,27,28)(H,29,33)(H,34,35);1H/t17-,22-;/m1./s1. The number of benzene rings is 2. The van der Waals surface area contributed by atoms with Crippen molar-refractivity contribution in [2.24, 2.45) is 11.7 Å². The number of halogens is 1. The molecule has 2 aliphatic rings. The molecule has 1 saturated heterocycles. The van der Waals surface area contributed by atoms with Gasteiger partial charge >= 0.3 is 5.97 Å². The van der Waals surface area contributed by atoms with Gasteiger partial charge in [-0.15, -0.1) is 12.4 Å². The molecule has 1 saturated carbocycles. The minimum atomic E-state index is -4.23. The van der Waals surface area contributed by atoms with E-state index in [2.05, 4.69) is 10.0 Å². The lowest BCUT2D eigenvalue weighted by molar-refractivity contribution is -0.146. The molecule has 218 valence electrons. The van der Waals surface area contributed by atoms with E-state index in [1.54, 1.807) is 23.1 Å². The summed E-state index contributed by atoms with van der Waals surface area (Å²) in [6.07, 6.45) is 2.39. The van der Waals surface area contributed by atoms with Gasteiger partial charge in [0.1, 0.15) is 12.6 Å². The number of sulfonamides is 1. The highest BCUT2D eigenvalue weighted by Gasteiger charge is 2.39. The van der Waals surface area contributed by atoms with Crippen LogP contribution >= 0.6 is 12.4 Å². The second-order valence-electron chi connectivity index (χ2n) is 10.1. The molecule has 2 amide bonds. The third-order valence-electron chi connectivity index (χ3n) is 7.04. The van der Waals surface area contributed by atoms with Crippen molar-refractivity contribution in [3.8, 4) is 0 Å². The first-order valence-corrected chi connectivity index (χ1v) is 14.4. The molecule has 6 N–H and O–H groups in total. The Bertz CT molecular complexity index is 1370. The van der Waals surface area contributed by atoms with Gasteiger partial charge in [0.15, 0.2) is 5.96 Å². The maximum Gasteiger partial charge on any atom is 0.323 e. The molecule has 0 unspecified atom stereocenters. The first-order chi connectivity index (χ1) is 18.5. The quantitative estimate of drug-likeness (QED) is 0.189. The summed E-state index contributed by atoms with van der Waals surface area (Å²) in [4.78, 5) is 40.6. The molecule has 0 radical (unpaired) electrons. The first-order valence-electron chi connectivity index (χ1n) is 12.9.